The molecule has 234 valence electrons. The minimum absolute atomic E-state index is 0.0530. The van der Waals surface area contributed by atoms with Crippen LogP contribution in [0.2, 0.25) is 0 Å². The zero-order valence-corrected chi connectivity index (χ0v) is 27.1. The quantitative estimate of drug-likeness (QED) is 0.184. The van der Waals surface area contributed by atoms with Gasteiger partial charge < -0.3 is 4.42 Å². The average Bonchev–Trinajstić information content (AvgIpc) is 3.82. The lowest BCUT2D eigenvalue weighted by Crippen LogP contribution is -2.00. The summed E-state index contributed by atoms with van der Waals surface area (Å²) in [5.41, 5.74) is 6.00. The highest BCUT2D eigenvalue weighted by Gasteiger charge is 2.17. The van der Waals surface area contributed by atoms with Gasteiger partial charge in [0.15, 0.2) is 17.5 Å². The number of hydrogen-bond acceptors (Lipinski definition) is 5. The molecule has 50 heavy (non-hydrogen) atoms. The topological polar surface area (TPSA) is 51.8 Å². The van der Waals surface area contributed by atoms with E-state index in [1.54, 1.807) is 0 Å². The SMILES string of the molecule is [2H]c1c([2H])c([2H])c2c(sc3c([2H])c(-c4nc(-c5ccccc5)nc(-c5ccc6c(c5)oc5ccccc56)n4)c([2H])c([2H])c32)c1-c1ccc(-c2ccccc2)cc1. The Labute approximate surface area is 300 Å². The van der Waals surface area contributed by atoms with E-state index in [2.05, 4.69) is 0 Å². The summed E-state index contributed by atoms with van der Waals surface area (Å²) in [6.07, 6.45) is 0. The van der Waals surface area contributed by atoms with Crippen LogP contribution in [0.5, 0.6) is 0 Å². The number of aromatic nitrogens is 3. The summed E-state index contributed by atoms with van der Waals surface area (Å²) >= 11 is 1.19. The molecule has 0 saturated heterocycles. The predicted molar refractivity (Wildman–Crippen MR) is 207 cm³/mol. The van der Waals surface area contributed by atoms with Crippen LogP contribution in [0.3, 0.4) is 0 Å². The van der Waals surface area contributed by atoms with Gasteiger partial charge in [-0.15, -0.1) is 11.3 Å². The average molecular weight is 664 g/mol. The number of para-hydroxylation sites is 1. The Hall–Kier alpha value is -6.43. The van der Waals surface area contributed by atoms with Crippen molar-refractivity contribution in [3.8, 4) is 56.4 Å². The number of furan rings is 1. The molecule has 0 aliphatic carbocycles. The van der Waals surface area contributed by atoms with Gasteiger partial charge in [0.25, 0.3) is 0 Å². The smallest absolute Gasteiger partial charge is 0.164 e. The van der Waals surface area contributed by atoms with Crippen molar-refractivity contribution >= 4 is 53.4 Å². The Bertz CT molecular complexity index is 3200. The van der Waals surface area contributed by atoms with E-state index in [0.717, 1.165) is 27.5 Å². The molecule has 0 radical (unpaired) electrons. The molecule has 3 heterocycles. The van der Waals surface area contributed by atoms with Gasteiger partial charge in [-0.1, -0.05) is 139 Å². The van der Waals surface area contributed by atoms with Crippen LogP contribution in [0, 0.1) is 0 Å². The second kappa shape index (κ2) is 11.6. The molecule has 3 aromatic heterocycles. The number of nitrogens with zero attached hydrogens (tertiary/aromatic N) is 3. The molecule has 0 atom stereocenters. The van der Waals surface area contributed by atoms with Gasteiger partial charge in [-0.25, -0.2) is 15.0 Å². The van der Waals surface area contributed by atoms with Gasteiger partial charge in [0, 0.05) is 47.6 Å². The third kappa shape index (κ3) is 4.87. The summed E-state index contributed by atoms with van der Waals surface area (Å²) in [7, 11) is 0. The van der Waals surface area contributed by atoms with Gasteiger partial charge in [0.1, 0.15) is 11.2 Å². The molecule has 0 saturated carbocycles. The zero-order valence-electron chi connectivity index (χ0n) is 32.3. The molecule has 0 aliphatic rings. The van der Waals surface area contributed by atoms with Crippen LogP contribution < -0.4 is 0 Å². The van der Waals surface area contributed by atoms with Crippen LogP contribution in [0.25, 0.3) is 98.5 Å². The first-order chi connectivity index (χ1) is 27.3. The van der Waals surface area contributed by atoms with Crippen molar-refractivity contribution in [1.82, 2.24) is 15.0 Å². The largest absolute Gasteiger partial charge is 0.456 e. The molecule has 4 nitrogen and oxygen atoms in total. The van der Waals surface area contributed by atoms with Crippen molar-refractivity contribution in [3.63, 3.8) is 0 Å². The van der Waals surface area contributed by atoms with Crippen LogP contribution in [-0.2, 0) is 0 Å². The first-order valence-corrected chi connectivity index (χ1v) is 16.9. The van der Waals surface area contributed by atoms with E-state index < -0.39 is 0 Å². The molecule has 0 spiro atoms. The Morgan fingerprint density at radius 2 is 1.08 bits per heavy atom. The highest BCUT2D eigenvalue weighted by Crippen LogP contribution is 2.42. The fourth-order valence-corrected chi connectivity index (χ4v) is 7.53. The lowest BCUT2D eigenvalue weighted by atomic mass is 9.99. The van der Waals surface area contributed by atoms with E-state index in [-0.39, 0.29) is 58.4 Å². The minimum atomic E-state index is -0.281. The van der Waals surface area contributed by atoms with Gasteiger partial charge >= 0.3 is 0 Å². The normalized spacial score (nSPS) is 13.3. The summed E-state index contributed by atoms with van der Waals surface area (Å²) in [4.78, 5) is 14.5. The van der Waals surface area contributed by atoms with Gasteiger partial charge in [-0.05, 0) is 46.5 Å². The first kappa shape index (κ1) is 23.0. The van der Waals surface area contributed by atoms with Crippen molar-refractivity contribution in [1.29, 1.82) is 0 Å². The van der Waals surface area contributed by atoms with E-state index in [9.17, 15) is 4.11 Å². The highest BCUT2D eigenvalue weighted by molar-refractivity contribution is 7.26. The molecule has 7 aromatic carbocycles. The van der Waals surface area contributed by atoms with Gasteiger partial charge in [0.05, 0.1) is 8.22 Å². The number of hydrogen-bond donors (Lipinski definition) is 0. The summed E-state index contributed by atoms with van der Waals surface area (Å²) in [5.74, 6) is 0.710. The zero-order chi connectivity index (χ0) is 38.2. The van der Waals surface area contributed by atoms with Crippen molar-refractivity contribution in [2.24, 2.45) is 0 Å². The third-order valence-corrected chi connectivity index (χ3v) is 9.99. The molecule has 0 aliphatic heterocycles. The maximum absolute atomic E-state index is 9.58. The maximum Gasteiger partial charge on any atom is 0.164 e. The first-order valence-electron chi connectivity index (χ1n) is 19.1. The number of thiophene rings is 1. The maximum atomic E-state index is 9.58. The fraction of sp³-hybridized carbons (Fsp3) is 0. The van der Waals surface area contributed by atoms with E-state index in [1.165, 1.54) is 11.3 Å². The second-order valence-electron chi connectivity index (χ2n) is 11.9. The number of benzene rings is 7. The highest BCUT2D eigenvalue weighted by atomic mass is 32.1. The molecular formula is C45H27N3OS. The van der Waals surface area contributed by atoms with Crippen LogP contribution in [0.4, 0.5) is 0 Å². The molecule has 5 heteroatoms. The van der Waals surface area contributed by atoms with Crippen LogP contribution in [0.15, 0.2) is 168 Å². The summed E-state index contributed by atoms with van der Waals surface area (Å²) in [6, 6.07) is 39.4. The van der Waals surface area contributed by atoms with Crippen molar-refractivity contribution in [2.75, 3.05) is 0 Å². The van der Waals surface area contributed by atoms with Gasteiger partial charge in [-0.3, -0.25) is 0 Å². The molecule has 10 rings (SSSR count). The Morgan fingerprint density at radius 1 is 0.460 bits per heavy atom. The molecule has 10 aromatic rings. The Morgan fingerprint density at radius 3 is 1.88 bits per heavy atom. The second-order valence-corrected chi connectivity index (χ2v) is 13.0. The third-order valence-electron chi connectivity index (χ3n) is 8.87. The fourth-order valence-electron chi connectivity index (χ4n) is 6.39. The van der Waals surface area contributed by atoms with Gasteiger partial charge in [0.2, 0.25) is 0 Å². The van der Waals surface area contributed by atoms with E-state index in [1.807, 2.05) is 127 Å². The predicted octanol–water partition coefficient (Wildman–Crippen LogP) is 12.5. The van der Waals surface area contributed by atoms with E-state index in [0.29, 0.717) is 48.9 Å². The molecular weight excluding hydrogens is 631 g/mol. The minimum Gasteiger partial charge on any atom is -0.456 e. The van der Waals surface area contributed by atoms with Crippen molar-refractivity contribution in [3.05, 3.63) is 164 Å². The number of rotatable bonds is 5. The Balaban J connectivity index is 1.19. The lowest BCUT2D eigenvalue weighted by Gasteiger charge is -2.08. The van der Waals surface area contributed by atoms with Crippen LogP contribution in [0.1, 0.15) is 8.22 Å². The van der Waals surface area contributed by atoms with E-state index >= 15 is 0 Å². The monoisotopic (exact) mass is 663 g/mol. The summed E-state index contributed by atoms with van der Waals surface area (Å²) in [5, 5.41) is 2.46. The molecule has 0 amide bonds. The van der Waals surface area contributed by atoms with E-state index in [4.69, 9.17) is 23.5 Å². The lowest BCUT2D eigenvalue weighted by molar-refractivity contribution is 0.669. The molecule has 0 N–H and O–H groups in total. The summed E-state index contributed by atoms with van der Waals surface area (Å²) < 4.78 is 62.0. The Kier molecular flexibility index (Phi) is 5.35. The van der Waals surface area contributed by atoms with Crippen molar-refractivity contribution in [2.45, 2.75) is 0 Å². The van der Waals surface area contributed by atoms with Crippen LogP contribution >= 0.6 is 11.3 Å². The molecule has 0 fully saturated rings. The standard InChI is InChI=1S/C45H27N3OS/c1-3-10-28(11-4-1)29-18-20-30(21-19-29)34-15-9-16-38-37-25-23-33(27-41(37)50-42(34)38)45-47-43(31-12-5-2-6-13-31)46-44(48-45)32-22-24-36-35-14-7-8-17-39(35)49-40(36)26-32/h1-27H/i9D,15D,16D,23D,25D,27D. The number of fused-ring (bicyclic) bond motifs is 6. The van der Waals surface area contributed by atoms with Crippen LogP contribution in [-0.4, -0.2) is 15.0 Å². The summed E-state index contributed by atoms with van der Waals surface area (Å²) in [6.45, 7) is 0. The van der Waals surface area contributed by atoms with Gasteiger partial charge in [-0.2, -0.15) is 0 Å². The molecule has 0 unspecified atom stereocenters. The van der Waals surface area contributed by atoms with Crippen molar-refractivity contribution < 1.29 is 12.6 Å². The molecule has 0 bridgehead atoms.